The number of unbranched alkanes of at least 4 members (excludes halogenated alkanes) is 10. The third kappa shape index (κ3) is 25.0. The Balaban J connectivity index is 2.55. The zero-order valence-corrected chi connectivity index (χ0v) is 34.5. The first-order valence-corrected chi connectivity index (χ1v) is 22.1. The van der Waals surface area contributed by atoms with Gasteiger partial charge in [-0.1, -0.05) is 113 Å². The van der Waals surface area contributed by atoms with Gasteiger partial charge in [0.1, 0.15) is 43.2 Å². The maximum atomic E-state index is 12.8. The average molecular weight is 815 g/mol. The lowest BCUT2D eigenvalue weighted by molar-refractivity contribution is -0.220. The highest BCUT2D eigenvalue weighted by Gasteiger charge is 2.51. The Bertz CT molecular complexity index is 1220. The van der Waals surface area contributed by atoms with Gasteiger partial charge in [-0.05, 0) is 70.6 Å². The van der Waals surface area contributed by atoms with E-state index in [2.05, 4.69) is 74.6 Å². The first-order chi connectivity index (χ1) is 26.9. The molecule has 0 bridgehead atoms. The molecule has 1 aliphatic carbocycles. The predicted molar refractivity (Wildman–Crippen MR) is 216 cm³/mol. The Morgan fingerprint density at radius 2 is 1.02 bits per heavy atom. The average Bonchev–Trinajstić information content (AvgIpc) is 3.18. The molecule has 56 heavy (non-hydrogen) atoms. The van der Waals surface area contributed by atoms with Crippen LogP contribution in [0.1, 0.15) is 136 Å². The van der Waals surface area contributed by atoms with Gasteiger partial charge in [0.05, 0.1) is 6.61 Å². The molecule has 0 radical (unpaired) electrons. The minimum absolute atomic E-state index is 0.0555. The Kier molecular flexibility index (Phi) is 29.9. The van der Waals surface area contributed by atoms with Crippen LogP contribution >= 0.6 is 7.82 Å². The van der Waals surface area contributed by atoms with E-state index >= 15 is 0 Å². The summed E-state index contributed by atoms with van der Waals surface area (Å²) in [5.74, 6) is -1.16. The Morgan fingerprint density at radius 3 is 1.57 bits per heavy atom. The van der Waals surface area contributed by atoms with Crippen LogP contribution in [-0.4, -0.2) is 98.3 Å². The number of carbonyl (C=O) groups excluding carboxylic acids is 2. The molecule has 322 valence electrons. The van der Waals surface area contributed by atoms with Crippen LogP contribution in [0, 0.1) is 0 Å². The molecule has 1 aliphatic rings. The molecule has 6 atom stereocenters. The highest BCUT2D eigenvalue weighted by Crippen LogP contribution is 2.47. The molecule has 6 unspecified atom stereocenters. The van der Waals surface area contributed by atoms with Crippen LogP contribution in [0.15, 0.2) is 60.8 Å². The van der Waals surface area contributed by atoms with E-state index in [1.807, 2.05) is 0 Å². The normalized spacial score (nSPS) is 23.5. The lowest BCUT2D eigenvalue weighted by Crippen LogP contribution is -2.64. The fraction of sp³-hybridized carbons (Fsp3) is 0.714. The predicted octanol–water partition coefficient (Wildman–Crippen LogP) is 6.99. The summed E-state index contributed by atoms with van der Waals surface area (Å²) >= 11 is 0. The van der Waals surface area contributed by atoms with E-state index in [0.717, 1.165) is 83.5 Å². The molecular weight excluding hydrogens is 743 g/mol. The quantitative estimate of drug-likeness (QED) is 0.0175. The van der Waals surface area contributed by atoms with Crippen LogP contribution in [0.4, 0.5) is 0 Å². The number of phosphoric acid groups is 1. The molecule has 13 nitrogen and oxygen atoms in total. The summed E-state index contributed by atoms with van der Waals surface area (Å²) in [7, 11) is -5.13. The van der Waals surface area contributed by atoms with Crippen LogP contribution in [0.3, 0.4) is 0 Å². The van der Waals surface area contributed by atoms with Crippen molar-refractivity contribution in [3.05, 3.63) is 60.8 Å². The fourth-order valence-corrected chi connectivity index (χ4v) is 6.70. The van der Waals surface area contributed by atoms with Gasteiger partial charge in [0, 0.05) is 12.8 Å². The van der Waals surface area contributed by atoms with E-state index in [9.17, 15) is 44.6 Å². The lowest BCUT2D eigenvalue weighted by Gasteiger charge is -2.41. The van der Waals surface area contributed by atoms with Gasteiger partial charge in [0.15, 0.2) is 6.10 Å². The molecule has 0 spiro atoms. The smallest absolute Gasteiger partial charge is 0.462 e. The minimum Gasteiger partial charge on any atom is -0.462 e. The van der Waals surface area contributed by atoms with Gasteiger partial charge >= 0.3 is 19.8 Å². The van der Waals surface area contributed by atoms with Crippen LogP contribution in [0.25, 0.3) is 0 Å². The van der Waals surface area contributed by atoms with E-state index in [4.69, 9.17) is 18.5 Å². The van der Waals surface area contributed by atoms with Gasteiger partial charge in [-0.2, -0.15) is 0 Å². The van der Waals surface area contributed by atoms with Crippen molar-refractivity contribution in [1.82, 2.24) is 0 Å². The summed E-state index contributed by atoms with van der Waals surface area (Å²) in [5.41, 5.74) is 0. The topological polar surface area (TPSA) is 210 Å². The van der Waals surface area contributed by atoms with Crippen molar-refractivity contribution in [2.75, 3.05) is 13.2 Å². The summed E-state index contributed by atoms with van der Waals surface area (Å²) in [6.45, 7) is 3.07. The van der Waals surface area contributed by atoms with Gasteiger partial charge in [-0.3, -0.25) is 18.6 Å². The molecule has 6 N–H and O–H groups in total. The molecule has 14 heteroatoms. The Hall–Kier alpha value is -2.45. The first-order valence-electron chi connectivity index (χ1n) is 20.6. The van der Waals surface area contributed by atoms with E-state index in [1.165, 1.54) is 12.8 Å². The van der Waals surface area contributed by atoms with E-state index in [1.54, 1.807) is 0 Å². The van der Waals surface area contributed by atoms with E-state index < -0.39 is 75.7 Å². The zero-order chi connectivity index (χ0) is 41.4. The van der Waals surface area contributed by atoms with Crippen LogP contribution in [0.5, 0.6) is 0 Å². The number of allylic oxidation sites excluding steroid dienone is 10. The molecular formula is C42H71O13P. The number of hydrogen-bond acceptors (Lipinski definition) is 12. The van der Waals surface area contributed by atoms with Crippen molar-refractivity contribution in [2.45, 2.75) is 179 Å². The maximum Gasteiger partial charge on any atom is 0.472 e. The van der Waals surface area contributed by atoms with Gasteiger partial charge in [-0.25, -0.2) is 4.57 Å². The molecule has 0 aromatic carbocycles. The number of ether oxygens (including phenoxy) is 2. The van der Waals surface area contributed by atoms with Gasteiger partial charge in [0.25, 0.3) is 0 Å². The number of hydrogen-bond donors (Lipinski definition) is 6. The number of phosphoric ester groups is 1. The SMILES string of the molecule is CC/C=C\C/C=C\C/C=C\CCCCCC(=O)OC(COC(=O)CCCCCCC/C=C\C/C=C\CCCC)COP(=O)(O)OC1C(O)C(O)C(O)C(O)C1O. The maximum absolute atomic E-state index is 12.8. The number of carbonyl (C=O) groups is 2. The molecule has 0 heterocycles. The Morgan fingerprint density at radius 1 is 0.571 bits per heavy atom. The second-order valence-corrected chi connectivity index (χ2v) is 15.5. The summed E-state index contributed by atoms with van der Waals surface area (Å²) in [4.78, 5) is 35.5. The first kappa shape index (κ1) is 51.6. The van der Waals surface area contributed by atoms with Crippen molar-refractivity contribution < 1.29 is 63.1 Å². The summed E-state index contributed by atoms with van der Waals surface area (Å²) < 4.78 is 33.3. The van der Waals surface area contributed by atoms with Gasteiger partial charge in [-0.15, -0.1) is 0 Å². The third-order valence-electron chi connectivity index (χ3n) is 9.09. The molecule has 0 saturated heterocycles. The zero-order valence-electron chi connectivity index (χ0n) is 33.7. The largest absolute Gasteiger partial charge is 0.472 e. The fourth-order valence-electron chi connectivity index (χ4n) is 5.73. The molecule has 0 aromatic rings. The van der Waals surface area contributed by atoms with Crippen LogP contribution in [-0.2, 0) is 32.7 Å². The molecule has 1 fully saturated rings. The highest BCUT2D eigenvalue weighted by atomic mass is 31.2. The molecule has 1 saturated carbocycles. The monoisotopic (exact) mass is 814 g/mol. The number of aliphatic hydroxyl groups is 5. The van der Waals surface area contributed by atoms with Gasteiger partial charge in [0.2, 0.25) is 0 Å². The summed E-state index contributed by atoms with van der Waals surface area (Å²) in [6, 6.07) is 0. The van der Waals surface area contributed by atoms with E-state index in [0.29, 0.717) is 12.8 Å². The van der Waals surface area contributed by atoms with Crippen molar-refractivity contribution >= 4 is 19.8 Å². The van der Waals surface area contributed by atoms with Crippen molar-refractivity contribution in [3.8, 4) is 0 Å². The minimum atomic E-state index is -5.13. The number of aliphatic hydroxyl groups excluding tert-OH is 5. The molecule has 0 aromatic heterocycles. The lowest BCUT2D eigenvalue weighted by atomic mass is 9.85. The third-order valence-corrected chi connectivity index (χ3v) is 10.1. The Labute approximate surface area is 334 Å². The second kappa shape index (κ2) is 32.5. The van der Waals surface area contributed by atoms with Crippen LogP contribution < -0.4 is 0 Å². The second-order valence-electron chi connectivity index (χ2n) is 14.1. The van der Waals surface area contributed by atoms with Crippen LogP contribution in [0.2, 0.25) is 0 Å². The standard InChI is InChI=1S/C42H71O13P/c1-3-5-7-9-11-13-15-17-19-20-22-24-26-28-30-35(43)52-32-34(33-53-56(50,51)55-42-40(48)38(46)37(45)39(47)41(42)49)54-36(44)31-29-27-25-23-21-18-16-14-12-10-8-6-4-2/h6,8-9,11-12,14-15,17-18,21,34,37-42,45-49H,3-5,7,10,13,16,19-20,22-33H2,1-2H3,(H,50,51)/b8-6-,11-9-,14-12-,17-15-,21-18-. The summed E-state index contributed by atoms with van der Waals surface area (Å²) in [5, 5.41) is 50.0. The number of esters is 2. The van der Waals surface area contributed by atoms with Crippen molar-refractivity contribution in [1.29, 1.82) is 0 Å². The number of rotatable bonds is 32. The highest BCUT2D eigenvalue weighted by molar-refractivity contribution is 7.47. The van der Waals surface area contributed by atoms with Gasteiger partial charge < -0.3 is 39.9 Å². The molecule has 0 amide bonds. The van der Waals surface area contributed by atoms with Crippen molar-refractivity contribution in [3.63, 3.8) is 0 Å². The molecule has 0 aliphatic heterocycles. The molecule has 1 rings (SSSR count). The summed E-state index contributed by atoms with van der Waals surface area (Å²) in [6.07, 6.45) is 24.3. The van der Waals surface area contributed by atoms with E-state index in [-0.39, 0.29) is 12.8 Å². The van der Waals surface area contributed by atoms with Crippen molar-refractivity contribution in [2.24, 2.45) is 0 Å².